The average Bonchev–Trinajstić information content (AvgIpc) is 2.79. The maximum absolute atomic E-state index is 5.87. The van der Waals surface area contributed by atoms with E-state index in [4.69, 9.17) is 16.0 Å². The van der Waals surface area contributed by atoms with Crippen molar-refractivity contribution in [2.45, 2.75) is 49.3 Å². The maximum Gasteiger partial charge on any atom is 0.315 e. The van der Waals surface area contributed by atoms with Gasteiger partial charge in [0.1, 0.15) is 5.38 Å². The van der Waals surface area contributed by atoms with E-state index < -0.39 is 0 Å². The first-order chi connectivity index (χ1) is 8.19. The molecule has 2 rings (SSSR count). The predicted octanol–water partition coefficient (Wildman–Crippen LogP) is 3.46. The lowest BCUT2D eigenvalue weighted by molar-refractivity contribution is 0.448. The molecule has 0 aliphatic heterocycles. The van der Waals surface area contributed by atoms with Gasteiger partial charge in [0, 0.05) is 11.3 Å². The van der Waals surface area contributed by atoms with Gasteiger partial charge in [-0.3, -0.25) is 0 Å². The predicted molar refractivity (Wildman–Crippen MR) is 71.7 cm³/mol. The van der Waals surface area contributed by atoms with Gasteiger partial charge in [-0.1, -0.05) is 5.10 Å². The van der Waals surface area contributed by atoms with Gasteiger partial charge in [-0.2, -0.15) is 11.8 Å². The first-order valence-corrected chi connectivity index (χ1v) is 7.68. The summed E-state index contributed by atoms with van der Waals surface area (Å²) in [5.74, 6) is 0.479. The highest BCUT2D eigenvalue weighted by Crippen LogP contribution is 2.28. The minimum Gasteiger partial charge on any atom is -0.406 e. The van der Waals surface area contributed by atoms with Crippen LogP contribution < -0.4 is 5.32 Å². The molecular weight excluding hydrogens is 258 g/mol. The Labute approximate surface area is 111 Å². The van der Waals surface area contributed by atoms with Gasteiger partial charge in [0.25, 0.3) is 0 Å². The second kappa shape index (κ2) is 5.96. The van der Waals surface area contributed by atoms with Crippen LogP contribution >= 0.6 is 23.4 Å². The minimum atomic E-state index is -0.231. The number of rotatable bonds is 4. The highest BCUT2D eigenvalue weighted by Gasteiger charge is 2.22. The second-order valence-electron chi connectivity index (χ2n) is 4.42. The van der Waals surface area contributed by atoms with Crippen LogP contribution in [-0.4, -0.2) is 27.7 Å². The molecule has 1 saturated carbocycles. The molecule has 1 atom stereocenters. The fourth-order valence-electron chi connectivity index (χ4n) is 2.07. The first-order valence-electron chi connectivity index (χ1n) is 5.96. The third-order valence-corrected chi connectivity index (χ3v) is 4.44. The summed E-state index contributed by atoms with van der Waals surface area (Å²) < 4.78 is 5.43. The maximum atomic E-state index is 5.87. The third kappa shape index (κ3) is 3.52. The van der Waals surface area contributed by atoms with Gasteiger partial charge in [0.05, 0.1) is 0 Å². The molecule has 1 aromatic heterocycles. The van der Waals surface area contributed by atoms with Gasteiger partial charge in [0.2, 0.25) is 5.89 Å². The molecule has 1 aliphatic carbocycles. The topological polar surface area (TPSA) is 51.0 Å². The molecule has 6 heteroatoms. The molecule has 1 N–H and O–H groups in total. The van der Waals surface area contributed by atoms with Gasteiger partial charge in [-0.25, -0.2) is 0 Å². The Balaban J connectivity index is 1.84. The number of aromatic nitrogens is 2. The van der Waals surface area contributed by atoms with Crippen molar-refractivity contribution >= 4 is 29.4 Å². The summed E-state index contributed by atoms with van der Waals surface area (Å²) in [5, 5.41) is 11.7. The molecule has 0 amide bonds. The number of nitrogens with zero attached hydrogens (tertiary/aromatic N) is 2. The first kappa shape index (κ1) is 13.0. The van der Waals surface area contributed by atoms with E-state index in [2.05, 4.69) is 21.8 Å². The summed E-state index contributed by atoms with van der Waals surface area (Å²) in [7, 11) is 0. The highest BCUT2D eigenvalue weighted by molar-refractivity contribution is 7.99. The van der Waals surface area contributed by atoms with Crippen molar-refractivity contribution < 1.29 is 4.42 Å². The van der Waals surface area contributed by atoms with Crippen LogP contribution in [0.3, 0.4) is 0 Å². The van der Waals surface area contributed by atoms with Crippen molar-refractivity contribution in [3.8, 4) is 0 Å². The third-order valence-electron chi connectivity index (χ3n) is 3.12. The van der Waals surface area contributed by atoms with Crippen molar-refractivity contribution in [2.24, 2.45) is 0 Å². The summed E-state index contributed by atoms with van der Waals surface area (Å²) in [4.78, 5) is 0. The Bertz CT molecular complexity index is 350. The van der Waals surface area contributed by atoms with Gasteiger partial charge < -0.3 is 9.73 Å². The fourth-order valence-corrected chi connectivity index (χ4v) is 2.90. The number of halogens is 1. The Morgan fingerprint density at radius 2 is 2.06 bits per heavy atom. The lowest BCUT2D eigenvalue weighted by Gasteiger charge is -2.27. The van der Waals surface area contributed by atoms with Crippen LogP contribution in [0.4, 0.5) is 6.01 Å². The van der Waals surface area contributed by atoms with Gasteiger partial charge in [0.15, 0.2) is 0 Å². The number of hydrogen-bond acceptors (Lipinski definition) is 5. The lowest BCUT2D eigenvalue weighted by Crippen LogP contribution is -2.27. The minimum absolute atomic E-state index is 0.231. The molecule has 0 radical (unpaired) electrons. The van der Waals surface area contributed by atoms with E-state index in [0.29, 0.717) is 17.9 Å². The summed E-state index contributed by atoms with van der Waals surface area (Å²) in [6, 6.07) is 0.956. The molecule has 17 heavy (non-hydrogen) atoms. The zero-order chi connectivity index (χ0) is 12.3. The molecule has 4 nitrogen and oxygen atoms in total. The molecular formula is C11H18ClN3OS. The highest BCUT2D eigenvalue weighted by atomic mass is 35.5. The SMILES string of the molecule is CSC1CCC(Nc2nnc(C(C)Cl)o2)CC1. The van der Waals surface area contributed by atoms with E-state index >= 15 is 0 Å². The monoisotopic (exact) mass is 275 g/mol. The van der Waals surface area contributed by atoms with E-state index in [1.807, 2.05) is 18.7 Å². The average molecular weight is 276 g/mol. The van der Waals surface area contributed by atoms with Crippen molar-refractivity contribution in [3.63, 3.8) is 0 Å². The van der Waals surface area contributed by atoms with Crippen LogP contribution in [0.2, 0.25) is 0 Å². The summed E-state index contributed by atoms with van der Waals surface area (Å²) in [6.45, 7) is 1.82. The van der Waals surface area contributed by atoms with Gasteiger partial charge in [-0.05, 0) is 38.9 Å². The van der Waals surface area contributed by atoms with Crippen molar-refractivity contribution in [1.29, 1.82) is 0 Å². The number of hydrogen-bond donors (Lipinski definition) is 1. The summed E-state index contributed by atoms with van der Waals surface area (Å²) in [5.41, 5.74) is 0. The molecule has 1 unspecified atom stereocenters. The van der Waals surface area contributed by atoms with Crippen LogP contribution in [-0.2, 0) is 0 Å². The number of thioether (sulfide) groups is 1. The van der Waals surface area contributed by atoms with E-state index in [1.54, 1.807) is 0 Å². The Kier molecular flexibility index (Phi) is 4.56. The quantitative estimate of drug-likeness (QED) is 0.853. The normalized spacial score (nSPS) is 26.8. The van der Waals surface area contributed by atoms with E-state index in [-0.39, 0.29) is 5.38 Å². The molecule has 0 aromatic carbocycles. The van der Waals surface area contributed by atoms with Crippen LogP contribution in [0.15, 0.2) is 4.42 Å². The smallest absolute Gasteiger partial charge is 0.315 e. The molecule has 1 aromatic rings. The summed E-state index contributed by atoms with van der Waals surface area (Å²) in [6.07, 6.45) is 7.03. The molecule has 1 aliphatic rings. The van der Waals surface area contributed by atoms with Crippen LogP contribution in [0.25, 0.3) is 0 Å². The van der Waals surface area contributed by atoms with Crippen LogP contribution in [0.1, 0.15) is 43.9 Å². The molecule has 1 heterocycles. The number of alkyl halides is 1. The zero-order valence-corrected chi connectivity index (χ0v) is 11.7. The van der Waals surface area contributed by atoms with Crippen LogP contribution in [0, 0.1) is 0 Å². The van der Waals surface area contributed by atoms with E-state index in [9.17, 15) is 0 Å². The van der Waals surface area contributed by atoms with Crippen molar-refractivity contribution in [3.05, 3.63) is 5.89 Å². The standard InChI is InChI=1S/C11H18ClN3OS/c1-7(12)10-14-15-11(16-10)13-8-3-5-9(17-2)6-4-8/h7-9H,3-6H2,1-2H3,(H,13,15). The van der Waals surface area contributed by atoms with Crippen LogP contribution in [0.5, 0.6) is 0 Å². The number of nitrogens with one attached hydrogen (secondary N) is 1. The molecule has 0 bridgehead atoms. The van der Waals surface area contributed by atoms with Gasteiger partial charge in [-0.15, -0.1) is 16.7 Å². The van der Waals surface area contributed by atoms with E-state index in [1.165, 1.54) is 25.7 Å². The Morgan fingerprint density at radius 1 is 1.35 bits per heavy atom. The zero-order valence-electron chi connectivity index (χ0n) is 10.1. The van der Waals surface area contributed by atoms with Crippen molar-refractivity contribution in [1.82, 2.24) is 10.2 Å². The molecule has 1 fully saturated rings. The van der Waals surface area contributed by atoms with E-state index in [0.717, 1.165) is 5.25 Å². The largest absolute Gasteiger partial charge is 0.406 e. The Hall–Kier alpha value is -0.420. The lowest BCUT2D eigenvalue weighted by atomic mass is 9.95. The van der Waals surface area contributed by atoms with Crippen molar-refractivity contribution in [2.75, 3.05) is 11.6 Å². The molecule has 0 spiro atoms. The summed E-state index contributed by atoms with van der Waals surface area (Å²) >= 11 is 7.84. The molecule has 0 saturated heterocycles. The number of anilines is 1. The second-order valence-corrected chi connectivity index (χ2v) is 6.21. The molecule has 96 valence electrons. The Morgan fingerprint density at radius 3 is 2.59 bits per heavy atom. The van der Waals surface area contributed by atoms with Gasteiger partial charge >= 0.3 is 6.01 Å². The fraction of sp³-hybridized carbons (Fsp3) is 0.818.